The van der Waals surface area contributed by atoms with Crippen molar-refractivity contribution in [3.63, 3.8) is 0 Å². The van der Waals surface area contributed by atoms with E-state index in [-0.39, 0.29) is 11.9 Å². The Morgan fingerprint density at radius 1 is 1.39 bits per heavy atom. The molecule has 1 saturated heterocycles. The predicted octanol–water partition coefficient (Wildman–Crippen LogP) is 1.95. The molecule has 0 aliphatic carbocycles. The van der Waals surface area contributed by atoms with Crippen molar-refractivity contribution < 1.29 is 13.7 Å². The van der Waals surface area contributed by atoms with Crippen molar-refractivity contribution in [1.29, 1.82) is 0 Å². The number of nitrogens with zero attached hydrogens (tertiary/aromatic N) is 3. The Kier molecular flexibility index (Phi) is 4.76. The molecule has 1 aliphatic rings. The maximum Gasteiger partial charge on any atom is 0.246 e. The number of amides is 1. The smallest absolute Gasteiger partial charge is 0.246 e. The highest BCUT2D eigenvalue weighted by molar-refractivity contribution is 5.82. The molecule has 0 spiro atoms. The molecule has 7 heteroatoms. The summed E-state index contributed by atoms with van der Waals surface area (Å²) < 4.78 is 10.4. The van der Waals surface area contributed by atoms with E-state index < -0.39 is 0 Å². The molecule has 0 aromatic carbocycles. The van der Waals surface area contributed by atoms with Crippen molar-refractivity contribution in [2.75, 3.05) is 6.54 Å². The number of aryl methyl sites for hydroxylation is 2. The molecule has 1 aliphatic heterocycles. The second-order valence-corrected chi connectivity index (χ2v) is 5.93. The van der Waals surface area contributed by atoms with E-state index in [9.17, 15) is 4.79 Å². The Balaban J connectivity index is 1.63. The third-order valence-electron chi connectivity index (χ3n) is 4.18. The average Bonchev–Trinajstić information content (AvgIpc) is 3.08. The molecule has 124 valence electrons. The molecule has 23 heavy (non-hydrogen) atoms. The van der Waals surface area contributed by atoms with Gasteiger partial charge in [0, 0.05) is 18.7 Å². The minimum absolute atomic E-state index is 0.0968. The first-order chi connectivity index (χ1) is 11.1. The first kappa shape index (κ1) is 15.7. The van der Waals surface area contributed by atoms with E-state index in [1.165, 1.54) is 0 Å². The summed E-state index contributed by atoms with van der Waals surface area (Å²) >= 11 is 0. The fourth-order valence-electron chi connectivity index (χ4n) is 2.85. The zero-order valence-electron chi connectivity index (χ0n) is 13.5. The second kappa shape index (κ2) is 6.95. The number of carbonyl (C=O) groups is 1. The zero-order chi connectivity index (χ0) is 16.2. The lowest BCUT2D eigenvalue weighted by Crippen LogP contribution is -2.44. The fraction of sp³-hybridized carbons (Fsp3) is 0.562. The predicted molar refractivity (Wildman–Crippen MR) is 82.4 cm³/mol. The van der Waals surface area contributed by atoms with Gasteiger partial charge in [0.05, 0.1) is 12.3 Å². The molecule has 1 unspecified atom stereocenters. The molecule has 2 aromatic heterocycles. The van der Waals surface area contributed by atoms with Crippen molar-refractivity contribution in [2.24, 2.45) is 0 Å². The summed E-state index contributed by atoms with van der Waals surface area (Å²) in [5.74, 6) is 2.06. The summed E-state index contributed by atoms with van der Waals surface area (Å²) in [6, 6.07) is 1.75. The van der Waals surface area contributed by atoms with Gasteiger partial charge < -0.3 is 19.2 Å². The van der Waals surface area contributed by atoms with Gasteiger partial charge in [-0.05, 0) is 39.2 Å². The lowest BCUT2D eigenvalue weighted by atomic mass is 10.1. The summed E-state index contributed by atoms with van der Waals surface area (Å²) in [5.41, 5.74) is 1.08. The maximum atomic E-state index is 12.8. The molecule has 0 radical (unpaired) electrons. The molecule has 1 N–H and O–H groups in total. The Morgan fingerprint density at radius 3 is 2.96 bits per heavy atom. The SMILES string of the molecule is Cc1noc(CN2CCCCC(NCc3ccoc3C)C2=O)n1. The van der Waals surface area contributed by atoms with Crippen LogP contribution in [-0.2, 0) is 17.9 Å². The minimum Gasteiger partial charge on any atom is -0.469 e. The van der Waals surface area contributed by atoms with Gasteiger partial charge in [0.2, 0.25) is 11.8 Å². The van der Waals surface area contributed by atoms with Gasteiger partial charge in [-0.15, -0.1) is 0 Å². The van der Waals surface area contributed by atoms with Gasteiger partial charge in [-0.2, -0.15) is 4.98 Å². The second-order valence-electron chi connectivity index (χ2n) is 5.93. The molecule has 0 saturated carbocycles. The van der Waals surface area contributed by atoms with E-state index in [1.807, 2.05) is 13.0 Å². The van der Waals surface area contributed by atoms with Gasteiger partial charge in [-0.25, -0.2) is 0 Å². The average molecular weight is 318 g/mol. The molecule has 0 bridgehead atoms. The number of rotatable bonds is 5. The third kappa shape index (κ3) is 3.79. The van der Waals surface area contributed by atoms with E-state index in [2.05, 4.69) is 15.5 Å². The number of furan rings is 1. The monoisotopic (exact) mass is 318 g/mol. The number of hydrogen-bond acceptors (Lipinski definition) is 6. The number of carbonyl (C=O) groups excluding carboxylic acids is 1. The van der Waals surface area contributed by atoms with Crippen LogP contribution in [0.2, 0.25) is 0 Å². The number of hydrogen-bond donors (Lipinski definition) is 1. The fourth-order valence-corrected chi connectivity index (χ4v) is 2.85. The van der Waals surface area contributed by atoms with Crippen molar-refractivity contribution in [3.05, 3.63) is 35.4 Å². The first-order valence-electron chi connectivity index (χ1n) is 7.98. The van der Waals surface area contributed by atoms with Crippen LogP contribution in [0.15, 0.2) is 21.3 Å². The van der Waals surface area contributed by atoms with Gasteiger partial charge in [-0.3, -0.25) is 4.79 Å². The summed E-state index contributed by atoms with van der Waals surface area (Å²) in [7, 11) is 0. The number of aromatic nitrogens is 2. The van der Waals surface area contributed by atoms with Gasteiger partial charge >= 0.3 is 0 Å². The topological polar surface area (TPSA) is 84.4 Å². The first-order valence-corrected chi connectivity index (χ1v) is 7.98. The zero-order valence-corrected chi connectivity index (χ0v) is 13.5. The summed E-state index contributed by atoms with van der Waals surface area (Å²) in [6.45, 7) is 5.43. The highest BCUT2D eigenvalue weighted by atomic mass is 16.5. The van der Waals surface area contributed by atoms with Gasteiger partial charge in [0.25, 0.3) is 0 Å². The van der Waals surface area contributed by atoms with Crippen molar-refractivity contribution in [3.8, 4) is 0 Å². The van der Waals surface area contributed by atoms with Crippen LogP contribution in [0.25, 0.3) is 0 Å². The van der Waals surface area contributed by atoms with Crippen LogP contribution in [0.4, 0.5) is 0 Å². The molecule has 1 atom stereocenters. The molecule has 2 aromatic rings. The maximum absolute atomic E-state index is 12.8. The van der Waals surface area contributed by atoms with Crippen molar-refractivity contribution in [1.82, 2.24) is 20.4 Å². The Morgan fingerprint density at radius 2 is 2.26 bits per heavy atom. The van der Waals surface area contributed by atoms with Crippen molar-refractivity contribution in [2.45, 2.75) is 52.2 Å². The lowest BCUT2D eigenvalue weighted by Gasteiger charge is -2.23. The molecule has 3 rings (SSSR count). The highest BCUT2D eigenvalue weighted by Gasteiger charge is 2.28. The van der Waals surface area contributed by atoms with E-state index in [4.69, 9.17) is 8.94 Å². The van der Waals surface area contributed by atoms with Gasteiger partial charge in [0.1, 0.15) is 12.3 Å². The quantitative estimate of drug-likeness (QED) is 0.907. The Hall–Kier alpha value is -2.15. The van der Waals surface area contributed by atoms with Crippen LogP contribution in [-0.4, -0.2) is 33.5 Å². The van der Waals surface area contributed by atoms with Crippen LogP contribution in [0.1, 0.15) is 42.3 Å². The Bertz CT molecular complexity index is 664. The van der Waals surface area contributed by atoms with Gasteiger partial charge in [-0.1, -0.05) is 5.16 Å². The summed E-state index contributed by atoms with van der Waals surface area (Å²) in [6.07, 6.45) is 4.52. The Labute approximate surface area is 135 Å². The van der Waals surface area contributed by atoms with E-state index in [0.717, 1.165) is 37.1 Å². The lowest BCUT2D eigenvalue weighted by molar-refractivity contribution is -0.133. The molecule has 7 nitrogen and oxygen atoms in total. The van der Waals surface area contributed by atoms with E-state index in [1.54, 1.807) is 18.1 Å². The molecule has 1 amide bonds. The molecule has 1 fully saturated rings. The largest absolute Gasteiger partial charge is 0.469 e. The van der Waals surface area contributed by atoms with E-state index in [0.29, 0.717) is 24.8 Å². The van der Waals surface area contributed by atoms with Gasteiger partial charge in [0.15, 0.2) is 5.82 Å². The van der Waals surface area contributed by atoms with Crippen LogP contribution < -0.4 is 5.32 Å². The minimum atomic E-state index is -0.184. The normalized spacial score (nSPS) is 19.1. The standard InChI is InChI=1S/C16H22N4O3/c1-11-13(6-8-22-11)9-17-14-5-3-4-7-20(16(14)21)10-15-18-12(2)19-23-15/h6,8,14,17H,3-5,7,9-10H2,1-2H3. The third-order valence-corrected chi connectivity index (χ3v) is 4.18. The molecular weight excluding hydrogens is 296 g/mol. The molecule has 3 heterocycles. The highest BCUT2D eigenvalue weighted by Crippen LogP contribution is 2.16. The summed E-state index contributed by atoms with van der Waals surface area (Å²) in [4.78, 5) is 18.7. The van der Waals surface area contributed by atoms with Crippen LogP contribution >= 0.6 is 0 Å². The van der Waals surface area contributed by atoms with E-state index >= 15 is 0 Å². The number of nitrogens with one attached hydrogen (secondary N) is 1. The van der Waals surface area contributed by atoms with Crippen molar-refractivity contribution >= 4 is 5.91 Å². The number of likely N-dealkylation sites (tertiary alicyclic amines) is 1. The van der Waals surface area contributed by atoms with Crippen LogP contribution in [0.5, 0.6) is 0 Å². The molecular formula is C16H22N4O3. The summed E-state index contributed by atoms with van der Waals surface area (Å²) in [5, 5.41) is 7.14. The van der Waals surface area contributed by atoms with Crippen LogP contribution in [0.3, 0.4) is 0 Å². The van der Waals surface area contributed by atoms with Crippen LogP contribution in [0, 0.1) is 13.8 Å².